The minimum Gasteiger partial charge on any atom is -0.357 e. The van der Waals surface area contributed by atoms with Crippen molar-refractivity contribution in [1.29, 1.82) is 0 Å². The molecular weight excluding hydrogens is 340 g/mol. The molecule has 1 fully saturated rings. The predicted molar refractivity (Wildman–Crippen MR) is 109 cm³/mol. The lowest BCUT2D eigenvalue weighted by molar-refractivity contribution is 0.567. The second-order valence-electron chi connectivity index (χ2n) is 6.88. The van der Waals surface area contributed by atoms with E-state index in [-0.39, 0.29) is 12.1 Å². The van der Waals surface area contributed by atoms with Crippen molar-refractivity contribution in [2.45, 2.75) is 25.9 Å². The summed E-state index contributed by atoms with van der Waals surface area (Å²) < 4.78 is 2.07. The fourth-order valence-electron chi connectivity index (χ4n) is 3.55. The van der Waals surface area contributed by atoms with Crippen molar-refractivity contribution >= 4 is 23.0 Å². The largest absolute Gasteiger partial charge is 0.357 e. The molecule has 4 nitrogen and oxygen atoms in total. The monoisotopic (exact) mass is 362 g/mol. The average Bonchev–Trinajstić information content (AvgIpc) is 3.21. The zero-order valence-corrected chi connectivity index (χ0v) is 16.0. The molecule has 0 saturated carbocycles. The molecule has 2 atom stereocenters. The van der Waals surface area contributed by atoms with Gasteiger partial charge in [0, 0.05) is 31.3 Å². The molecule has 132 valence electrons. The minimum absolute atomic E-state index is 0.00714. The van der Waals surface area contributed by atoms with Gasteiger partial charge in [0.05, 0.1) is 17.8 Å². The summed E-state index contributed by atoms with van der Waals surface area (Å²) >= 11 is 5.74. The second-order valence-corrected chi connectivity index (χ2v) is 7.26. The Morgan fingerprint density at radius 3 is 2.58 bits per heavy atom. The van der Waals surface area contributed by atoms with Gasteiger partial charge in [0.2, 0.25) is 0 Å². The third kappa shape index (κ3) is 2.88. The number of aromatic nitrogens is 2. The lowest BCUT2D eigenvalue weighted by atomic mass is 9.98. The number of rotatable bonds is 3. The molecule has 1 N–H and O–H groups in total. The van der Waals surface area contributed by atoms with Crippen LogP contribution in [0.3, 0.4) is 0 Å². The second kappa shape index (κ2) is 6.57. The summed E-state index contributed by atoms with van der Waals surface area (Å²) in [6.07, 6.45) is 6.07. The van der Waals surface area contributed by atoms with Crippen LogP contribution < -0.4 is 10.2 Å². The maximum Gasteiger partial charge on any atom is 0.174 e. The lowest BCUT2D eigenvalue weighted by Crippen LogP contribution is -2.29. The van der Waals surface area contributed by atoms with E-state index in [1.165, 1.54) is 16.7 Å². The maximum atomic E-state index is 5.74. The molecule has 26 heavy (non-hydrogen) atoms. The van der Waals surface area contributed by atoms with Gasteiger partial charge in [-0.1, -0.05) is 12.1 Å². The van der Waals surface area contributed by atoms with Gasteiger partial charge in [0.25, 0.3) is 0 Å². The average molecular weight is 363 g/mol. The summed E-state index contributed by atoms with van der Waals surface area (Å²) in [5, 5.41) is 4.23. The highest BCUT2D eigenvalue weighted by Gasteiger charge is 2.40. The van der Waals surface area contributed by atoms with Crippen LogP contribution in [-0.2, 0) is 7.05 Å². The van der Waals surface area contributed by atoms with Crippen molar-refractivity contribution in [2.24, 2.45) is 7.05 Å². The summed E-state index contributed by atoms with van der Waals surface area (Å²) in [7, 11) is 2.04. The number of hydrogen-bond donors (Lipinski definition) is 1. The Hall–Kier alpha value is -2.66. The standard InChI is InChI=1S/C21H22N4S/c1-14-7-8-17(12-15(14)2)25-20(16-9-11-24(3)13-16)19(23-21(25)26)18-6-4-5-10-22-18/h4-13,19-20H,1-3H3,(H,23,26)/t19-,20-/m0/s1. The quantitative estimate of drug-likeness (QED) is 0.708. The first kappa shape index (κ1) is 16.8. The molecule has 1 aromatic carbocycles. The smallest absolute Gasteiger partial charge is 0.174 e. The third-order valence-corrected chi connectivity index (χ3v) is 5.38. The van der Waals surface area contributed by atoms with Crippen LogP contribution >= 0.6 is 12.2 Å². The number of anilines is 1. The van der Waals surface area contributed by atoms with E-state index in [4.69, 9.17) is 12.2 Å². The van der Waals surface area contributed by atoms with Crippen LogP contribution in [0.15, 0.2) is 61.1 Å². The van der Waals surface area contributed by atoms with Crippen molar-refractivity contribution in [2.75, 3.05) is 4.90 Å². The summed E-state index contributed by atoms with van der Waals surface area (Å²) in [6, 6.07) is 14.7. The zero-order valence-electron chi connectivity index (χ0n) is 15.2. The highest BCUT2D eigenvalue weighted by molar-refractivity contribution is 7.80. The van der Waals surface area contributed by atoms with Crippen molar-refractivity contribution < 1.29 is 0 Å². The first-order chi connectivity index (χ1) is 12.5. The Kier molecular flexibility index (Phi) is 4.24. The van der Waals surface area contributed by atoms with Crippen LogP contribution in [0.1, 0.15) is 34.5 Å². The van der Waals surface area contributed by atoms with Crippen LogP contribution in [0.4, 0.5) is 5.69 Å². The number of benzene rings is 1. The molecule has 3 heterocycles. The first-order valence-corrected chi connectivity index (χ1v) is 9.15. The minimum atomic E-state index is 0.00714. The lowest BCUT2D eigenvalue weighted by Gasteiger charge is -2.27. The molecule has 0 aliphatic carbocycles. The highest BCUT2D eigenvalue weighted by atomic mass is 32.1. The van der Waals surface area contributed by atoms with E-state index >= 15 is 0 Å². The molecule has 1 aliphatic heterocycles. The Balaban J connectivity index is 1.83. The topological polar surface area (TPSA) is 33.1 Å². The maximum absolute atomic E-state index is 5.74. The fourth-order valence-corrected chi connectivity index (χ4v) is 3.89. The van der Waals surface area contributed by atoms with Crippen LogP contribution in [0.5, 0.6) is 0 Å². The van der Waals surface area contributed by atoms with E-state index in [0.717, 1.165) is 16.5 Å². The number of hydrogen-bond acceptors (Lipinski definition) is 2. The van der Waals surface area contributed by atoms with Crippen LogP contribution in [0, 0.1) is 13.8 Å². The number of nitrogens with zero attached hydrogens (tertiary/aromatic N) is 3. The third-order valence-electron chi connectivity index (χ3n) is 5.06. The highest BCUT2D eigenvalue weighted by Crippen LogP contribution is 2.41. The molecule has 0 amide bonds. The number of pyridine rings is 1. The van der Waals surface area contributed by atoms with Gasteiger partial charge in [-0.25, -0.2) is 0 Å². The molecule has 1 saturated heterocycles. The van der Waals surface area contributed by atoms with E-state index in [1.54, 1.807) is 0 Å². The van der Waals surface area contributed by atoms with Gasteiger partial charge >= 0.3 is 0 Å². The Bertz CT molecular complexity index is 948. The summed E-state index contributed by atoms with van der Waals surface area (Å²) in [5.41, 5.74) is 5.87. The van der Waals surface area contributed by atoms with Gasteiger partial charge in [-0.2, -0.15) is 0 Å². The number of aryl methyl sites for hydroxylation is 3. The van der Waals surface area contributed by atoms with E-state index in [9.17, 15) is 0 Å². The van der Waals surface area contributed by atoms with E-state index in [2.05, 4.69) is 76.3 Å². The molecule has 0 unspecified atom stereocenters. The van der Waals surface area contributed by atoms with Gasteiger partial charge in [0.15, 0.2) is 5.11 Å². The number of nitrogens with one attached hydrogen (secondary N) is 1. The summed E-state index contributed by atoms with van der Waals surface area (Å²) in [4.78, 5) is 6.80. The SMILES string of the molecule is Cc1ccc(N2C(=S)N[C@@H](c3ccccn3)[C@@H]2c2ccn(C)c2)cc1C. The normalized spacial score (nSPS) is 19.7. The predicted octanol–water partition coefficient (Wildman–Crippen LogP) is 4.21. The summed E-state index contributed by atoms with van der Waals surface area (Å²) in [6.45, 7) is 4.27. The number of thiocarbonyl (C=S) groups is 1. The van der Waals surface area contributed by atoms with Gasteiger partial charge in [0.1, 0.15) is 0 Å². The fraction of sp³-hybridized carbons (Fsp3) is 0.238. The molecule has 1 aliphatic rings. The Morgan fingerprint density at radius 2 is 1.92 bits per heavy atom. The van der Waals surface area contributed by atoms with Gasteiger partial charge in [-0.15, -0.1) is 0 Å². The van der Waals surface area contributed by atoms with Crippen molar-refractivity contribution in [1.82, 2.24) is 14.9 Å². The molecule has 4 rings (SSSR count). The van der Waals surface area contributed by atoms with Crippen molar-refractivity contribution in [3.8, 4) is 0 Å². The molecule has 3 aromatic rings. The Labute approximate surface area is 159 Å². The van der Waals surface area contributed by atoms with Crippen molar-refractivity contribution in [3.05, 3.63) is 83.4 Å². The van der Waals surface area contributed by atoms with Gasteiger partial charge in [-0.05, 0) is 73.1 Å². The molecular formula is C21H22N4S. The zero-order chi connectivity index (χ0) is 18.3. The van der Waals surface area contributed by atoms with Crippen LogP contribution in [0.25, 0.3) is 0 Å². The van der Waals surface area contributed by atoms with Gasteiger partial charge < -0.3 is 14.8 Å². The van der Waals surface area contributed by atoms with Gasteiger partial charge in [-0.3, -0.25) is 4.98 Å². The molecule has 5 heteroatoms. The van der Waals surface area contributed by atoms with E-state index in [0.29, 0.717) is 0 Å². The van der Waals surface area contributed by atoms with Crippen LogP contribution in [0.2, 0.25) is 0 Å². The molecule has 0 bridgehead atoms. The van der Waals surface area contributed by atoms with E-state index in [1.807, 2.05) is 25.4 Å². The van der Waals surface area contributed by atoms with Crippen LogP contribution in [-0.4, -0.2) is 14.7 Å². The molecule has 0 spiro atoms. The molecule has 2 aromatic heterocycles. The van der Waals surface area contributed by atoms with E-state index < -0.39 is 0 Å². The summed E-state index contributed by atoms with van der Waals surface area (Å²) in [5.74, 6) is 0. The Morgan fingerprint density at radius 1 is 1.08 bits per heavy atom. The van der Waals surface area contributed by atoms with Crippen molar-refractivity contribution in [3.63, 3.8) is 0 Å². The first-order valence-electron chi connectivity index (χ1n) is 8.74. The molecule has 0 radical (unpaired) electrons.